The average Bonchev–Trinajstić information content (AvgIpc) is 3.18. The zero-order chi connectivity index (χ0) is 21.8. The molecule has 3 nitrogen and oxygen atoms in total. The van der Waals surface area contributed by atoms with Crippen LogP contribution in [0.5, 0.6) is 0 Å². The Morgan fingerprint density at radius 3 is 2.43 bits per heavy atom. The Labute approximate surface area is 179 Å². The number of aryl methyl sites for hydroxylation is 2. The number of benzene rings is 2. The number of hydrogen-bond donors (Lipinski definition) is 2. The molecule has 0 atom stereocenters. The topological polar surface area (TPSA) is 41.1 Å². The van der Waals surface area contributed by atoms with Crippen molar-refractivity contribution in [2.24, 2.45) is 0 Å². The van der Waals surface area contributed by atoms with Gasteiger partial charge in [0.15, 0.2) is 0 Å². The van der Waals surface area contributed by atoms with E-state index in [9.17, 15) is 9.18 Å². The van der Waals surface area contributed by atoms with Crippen LogP contribution >= 0.6 is 0 Å². The molecule has 0 spiro atoms. The molecule has 3 rings (SSSR count). The Morgan fingerprint density at radius 1 is 1.10 bits per heavy atom. The summed E-state index contributed by atoms with van der Waals surface area (Å²) in [6, 6.07) is 9.98. The molecule has 0 heterocycles. The number of carbonyl (C=O) groups is 1. The predicted octanol–water partition coefficient (Wildman–Crippen LogP) is 6.39. The second-order valence-corrected chi connectivity index (χ2v) is 8.80. The molecule has 30 heavy (non-hydrogen) atoms. The normalized spacial score (nSPS) is 15.0. The van der Waals surface area contributed by atoms with Crippen LogP contribution in [-0.4, -0.2) is 18.0 Å². The lowest BCUT2D eigenvalue weighted by atomic mass is 9.94. The summed E-state index contributed by atoms with van der Waals surface area (Å²) in [5.41, 5.74) is 6.24. The van der Waals surface area contributed by atoms with Crippen molar-refractivity contribution < 1.29 is 9.18 Å². The van der Waals surface area contributed by atoms with Crippen molar-refractivity contribution >= 4 is 17.7 Å². The van der Waals surface area contributed by atoms with Gasteiger partial charge in [-0.15, -0.1) is 0 Å². The Morgan fingerprint density at radius 2 is 1.80 bits per heavy atom. The van der Waals surface area contributed by atoms with Crippen LogP contribution in [0.1, 0.15) is 63.1 Å². The van der Waals surface area contributed by atoms with Gasteiger partial charge >= 0.3 is 0 Å². The standard InChI is InChI=1S/C26H33FN2O/c1-16(2)28-25-11-10-20(15-24(25)27)23-14-17(3)21(12-18(23)4)13-19(5)26(30)29-22-8-6-7-9-22/h10-16,22,28H,6-9H2,1-5H3,(H,29,30). The van der Waals surface area contributed by atoms with Gasteiger partial charge in [0.1, 0.15) is 5.82 Å². The molecule has 4 heteroatoms. The molecule has 1 amide bonds. The van der Waals surface area contributed by atoms with Crippen LogP contribution < -0.4 is 10.6 Å². The number of amides is 1. The molecule has 0 radical (unpaired) electrons. The highest BCUT2D eigenvalue weighted by Crippen LogP contribution is 2.30. The van der Waals surface area contributed by atoms with E-state index < -0.39 is 0 Å². The highest BCUT2D eigenvalue weighted by atomic mass is 19.1. The largest absolute Gasteiger partial charge is 0.381 e. The van der Waals surface area contributed by atoms with Gasteiger partial charge in [-0.2, -0.15) is 0 Å². The Hall–Kier alpha value is -2.62. The van der Waals surface area contributed by atoms with E-state index in [0.717, 1.165) is 40.7 Å². The van der Waals surface area contributed by atoms with E-state index in [2.05, 4.69) is 22.8 Å². The molecule has 2 N–H and O–H groups in total. The summed E-state index contributed by atoms with van der Waals surface area (Å²) in [4.78, 5) is 12.5. The fraction of sp³-hybridized carbons (Fsp3) is 0.423. The van der Waals surface area contributed by atoms with Crippen LogP contribution in [0, 0.1) is 19.7 Å². The first-order valence-electron chi connectivity index (χ1n) is 10.9. The molecule has 0 aromatic heterocycles. The van der Waals surface area contributed by atoms with E-state index in [4.69, 9.17) is 0 Å². The quantitative estimate of drug-likeness (QED) is 0.544. The van der Waals surface area contributed by atoms with E-state index in [1.807, 2.05) is 46.8 Å². The molecule has 0 aliphatic heterocycles. The molecule has 1 aliphatic carbocycles. The molecule has 1 fully saturated rings. The minimum atomic E-state index is -0.248. The molecule has 0 unspecified atom stereocenters. The fourth-order valence-corrected chi connectivity index (χ4v) is 4.08. The van der Waals surface area contributed by atoms with E-state index in [1.54, 1.807) is 12.1 Å². The van der Waals surface area contributed by atoms with Crippen LogP contribution in [0.2, 0.25) is 0 Å². The van der Waals surface area contributed by atoms with Crippen LogP contribution in [0.3, 0.4) is 0 Å². The number of rotatable bonds is 6. The van der Waals surface area contributed by atoms with Crippen molar-refractivity contribution in [3.05, 3.63) is 58.4 Å². The lowest BCUT2D eigenvalue weighted by molar-refractivity contribution is -0.118. The average molecular weight is 409 g/mol. The first-order valence-corrected chi connectivity index (χ1v) is 10.9. The molecule has 2 aromatic carbocycles. The summed E-state index contributed by atoms with van der Waals surface area (Å²) in [6.45, 7) is 9.90. The Balaban J connectivity index is 1.83. The van der Waals surface area contributed by atoms with E-state index in [-0.39, 0.29) is 17.8 Å². The zero-order valence-corrected chi connectivity index (χ0v) is 18.7. The summed E-state index contributed by atoms with van der Waals surface area (Å²) >= 11 is 0. The minimum absolute atomic E-state index is 0.0124. The van der Waals surface area contributed by atoms with Crippen molar-refractivity contribution in [1.82, 2.24) is 5.32 Å². The van der Waals surface area contributed by atoms with Gasteiger partial charge in [-0.1, -0.05) is 31.0 Å². The second-order valence-electron chi connectivity index (χ2n) is 8.80. The van der Waals surface area contributed by atoms with Crippen molar-refractivity contribution in [3.63, 3.8) is 0 Å². The maximum Gasteiger partial charge on any atom is 0.247 e. The molecular formula is C26H33FN2O. The van der Waals surface area contributed by atoms with Gasteiger partial charge in [-0.3, -0.25) is 4.79 Å². The van der Waals surface area contributed by atoms with Gasteiger partial charge in [0.05, 0.1) is 5.69 Å². The Bertz CT molecular complexity index is 956. The Kier molecular flexibility index (Phi) is 6.96. The van der Waals surface area contributed by atoms with Gasteiger partial charge in [-0.05, 0) is 93.5 Å². The minimum Gasteiger partial charge on any atom is -0.381 e. The van der Waals surface area contributed by atoms with Crippen molar-refractivity contribution in [3.8, 4) is 11.1 Å². The van der Waals surface area contributed by atoms with E-state index in [1.165, 1.54) is 12.8 Å². The molecule has 0 bridgehead atoms. The highest BCUT2D eigenvalue weighted by Gasteiger charge is 2.18. The number of anilines is 1. The van der Waals surface area contributed by atoms with Gasteiger partial charge in [0.25, 0.3) is 0 Å². The van der Waals surface area contributed by atoms with Crippen molar-refractivity contribution in [2.45, 2.75) is 72.4 Å². The molecular weight excluding hydrogens is 375 g/mol. The lowest BCUT2D eigenvalue weighted by Crippen LogP contribution is -2.33. The van der Waals surface area contributed by atoms with Crippen LogP contribution in [0.25, 0.3) is 17.2 Å². The molecule has 160 valence electrons. The summed E-state index contributed by atoms with van der Waals surface area (Å²) < 4.78 is 14.5. The molecule has 1 aliphatic rings. The number of carbonyl (C=O) groups excluding carboxylic acids is 1. The summed E-state index contributed by atoms with van der Waals surface area (Å²) in [5.74, 6) is -0.236. The number of nitrogens with one attached hydrogen (secondary N) is 2. The zero-order valence-electron chi connectivity index (χ0n) is 18.7. The third-order valence-corrected chi connectivity index (χ3v) is 5.76. The van der Waals surface area contributed by atoms with Gasteiger partial charge < -0.3 is 10.6 Å². The highest BCUT2D eigenvalue weighted by molar-refractivity contribution is 5.97. The number of hydrogen-bond acceptors (Lipinski definition) is 2. The van der Waals surface area contributed by atoms with Crippen molar-refractivity contribution in [1.29, 1.82) is 0 Å². The smallest absolute Gasteiger partial charge is 0.247 e. The van der Waals surface area contributed by atoms with Gasteiger partial charge in [0.2, 0.25) is 5.91 Å². The maximum atomic E-state index is 14.5. The first-order chi connectivity index (χ1) is 14.2. The fourth-order valence-electron chi connectivity index (χ4n) is 4.08. The third kappa shape index (κ3) is 5.29. The molecule has 0 saturated heterocycles. The van der Waals surface area contributed by atoms with Crippen LogP contribution in [0.4, 0.5) is 10.1 Å². The summed E-state index contributed by atoms with van der Waals surface area (Å²) in [7, 11) is 0. The van der Waals surface area contributed by atoms with Gasteiger partial charge in [-0.25, -0.2) is 4.39 Å². The third-order valence-electron chi connectivity index (χ3n) is 5.76. The van der Waals surface area contributed by atoms with Crippen LogP contribution in [0.15, 0.2) is 35.9 Å². The summed E-state index contributed by atoms with van der Waals surface area (Å²) in [6.07, 6.45) is 6.50. The molecule has 1 saturated carbocycles. The number of halogens is 1. The van der Waals surface area contributed by atoms with Gasteiger partial charge in [0, 0.05) is 17.7 Å². The predicted molar refractivity (Wildman–Crippen MR) is 124 cm³/mol. The first kappa shape index (κ1) is 22.1. The van der Waals surface area contributed by atoms with Crippen LogP contribution in [-0.2, 0) is 4.79 Å². The SMILES string of the molecule is CC(=Cc1cc(C)c(-c2ccc(NC(C)C)c(F)c2)cc1C)C(=O)NC1CCCC1. The second kappa shape index (κ2) is 9.46. The maximum absolute atomic E-state index is 14.5. The van der Waals surface area contributed by atoms with E-state index >= 15 is 0 Å². The summed E-state index contributed by atoms with van der Waals surface area (Å²) in [5, 5.41) is 6.26. The van der Waals surface area contributed by atoms with Crippen molar-refractivity contribution in [2.75, 3.05) is 5.32 Å². The lowest BCUT2D eigenvalue weighted by Gasteiger charge is -2.15. The molecule has 2 aromatic rings. The monoisotopic (exact) mass is 408 g/mol. The van der Waals surface area contributed by atoms with E-state index in [0.29, 0.717) is 17.3 Å².